The fourth-order valence-electron chi connectivity index (χ4n) is 1.75. The highest BCUT2D eigenvalue weighted by molar-refractivity contribution is 6.70. The third-order valence-corrected chi connectivity index (χ3v) is 3.10. The van der Waals surface area contributed by atoms with Gasteiger partial charge in [0.1, 0.15) is 10.9 Å². The van der Waals surface area contributed by atoms with E-state index in [-0.39, 0.29) is 0 Å². The van der Waals surface area contributed by atoms with E-state index < -0.39 is 5.72 Å². The van der Waals surface area contributed by atoms with Gasteiger partial charge in [0, 0.05) is 12.8 Å². The first kappa shape index (κ1) is 10.5. The summed E-state index contributed by atoms with van der Waals surface area (Å²) in [5.41, 5.74) is 0.419. The molecule has 0 spiro atoms. The molecule has 0 aromatic heterocycles. The fraction of sp³-hybridized carbons (Fsp3) is 0.417. The molecule has 0 saturated heterocycles. The van der Waals surface area contributed by atoms with Gasteiger partial charge in [-0.25, -0.2) is 4.99 Å². The van der Waals surface area contributed by atoms with Crippen LogP contribution in [-0.2, 0) is 0 Å². The van der Waals surface area contributed by atoms with Crippen LogP contribution in [0.4, 0.5) is 0 Å². The number of hydrogen-bond donors (Lipinski definition) is 0. The molecule has 1 heterocycles. The summed E-state index contributed by atoms with van der Waals surface area (Å²) in [5.74, 6) is 0.834. The summed E-state index contributed by atoms with van der Waals surface area (Å²) in [6, 6.07) is 7.75. The number of para-hydroxylation sites is 1. The average molecular weight is 224 g/mol. The van der Waals surface area contributed by atoms with Crippen molar-refractivity contribution in [2.75, 3.05) is 0 Å². The molecule has 0 amide bonds. The summed E-state index contributed by atoms with van der Waals surface area (Å²) in [7, 11) is 0. The van der Waals surface area contributed by atoms with Crippen molar-refractivity contribution in [2.24, 2.45) is 4.99 Å². The molecule has 2 rings (SSSR count). The Morgan fingerprint density at radius 2 is 1.93 bits per heavy atom. The number of nitrogens with zero attached hydrogens (tertiary/aromatic N) is 1. The predicted molar refractivity (Wildman–Crippen MR) is 62.8 cm³/mol. The number of benzene rings is 1. The van der Waals surface area contributed by atoms with Crippen molar-refractivity contribution in [3.8, 4) is 5.75 Å². The zero-order valence-corrected chi connectivity index (χ0v) is 9.71. The van der Waals surface area contributed by atoms with Gasteiger partial charge >= 0.3 is 0 Å². The Balaban J connectivity index is 2.48. The molecule has 0 radical (unpaired) electrons. The maximum atomic E-state index is 6.16. The van der Waals surface area contributed by atoms with E-state index in [1.807, 2.05) is 24.3 Å². The van der Waals surface area contributed by atoms with Gasteiger partial charge in [0.25, 0.3) is 0 Å². The Kier molecular flexibility index (Phi) is 2.70. The second kappa shape index (κ2) is 3.86. The normalized spacial score (nSPS) is 17.7. The summed E-state index contributed by atoms with van der Waals surface area (Å²) in [4.78, 5) is 4.45. The minimum Gasteiger partial charge on any atom is -0.465 e. The summed E-state index contributed by atoms with van der Waals surface area (Å²) < 4.78 is 5.92. The topological polar surface area (TPSA) is 21.6 Å². The molecule has 1 aromatic rings. The smallest absolute Gasteiger partial charge is 0.201 e. The molecule has 0 saturated carbocycles. The van der Waals surface area contributed by atoms with E-state index in [1.54, 1.807) is 0 Å². The Labute approximate surface area is 94.9 Å². The fourth-order valence-corrected chi connectivity index (χ4v) is 2.06. The molecule has 15 heavy (non-hydrogen) atoms. The molecule has 1 aliphatic heterocycles. The van der Waals surface area contributed by atoms with Crippen LogP contribution in [-0.4, -0.2) is 10.9 Å². The molecule has 1 aromatic carbocycles. The van der Waals surface area contributed by atoms with Crippen LogP contribution in [0, 0.1) is 0 Å². The zero-order chi connectivity index (χ0) is 10.9. The Morgan fingerprint density at radius 1 is 1.27 bits per heavy atom. The molecule has 3 heteroatoms. The molecule has 1 aliphatic rings. The first-order chi connectivity index (χ1) is 7.21. The van der Waals surface area contributed by atoms with Crippen molar-refractivity contribution < 1.29 is 4.74 Å². The van der Waals surface area contributed by atoms with Crippen molar-refractivity contribution >= 4 is 16.8 Å². The number of halogens is 1. The van der Waals surface area contributed by atoms with Crippen LogP contribution in [0.15, 0.2) is 29.3 Å². The van der Waals surface area contributed by atoms with Crippen LogP contribution < -0.4 is 4.74 Å². The lowest BCUT2D eigenvalue weighted by molar-refractivity contribution is 0.0663. The number of ether oxygens (including phenoxy) is 1. The molecule has 0 bridgehead atoms. The van der Waals surface area contributed by atoms with Gasteiger partial charge in [-0.3, -0.25) is 0 Å². The SMILES string of the molecule is CCC1(CC)N=C(Cl)c2ccccc2O1. The van der Waals surface area contributed by atoms with Gasteiger partial charge in [0.15, 0.2) is 0 Å². The Morgan fingerprint density at radius 3 is 2.60 bits per heavy atom. The van der Waals surface area contributed by atoms with Crippen LogP contribution >= 0.6 is 11.6 Å². The van der Waals surface area contributed by atoms with E-state index >= 15 is 0 Å². The van der Waals surface area contributed by atoms with E-state index in [0.717, 1.165) is 24.2 Å². The lowest BCUT2D eigenvalue weighted by Gasteiger charge is -2.33. The van der Waals surface area contributed by atoms with Gasteiger partial charge in [0.2, 0.25) is 5.72 Å². The van der Waals surface area contributed by atoms with Gasteiger partial charge in [-0.1, -0.05) is 37.6 Å². The second-order valence-electron chi connectivity index (χ2n) is 3.65. The first-order valence-electron chi connectivity index (χ1n) is 5.24. The minimum atomic E-state index is -0.467. The molecule has 0 aliphatic carbocycles. The molecule has 2 nitrogen and oxygen atoms in total. The van der Waals surface area contributed by atoms with Gasteiger partial charge < -0.3 is 4.74 Å². The maximum Gasteiger partial charge on any atom is 0.201 e. The Bertz CT molecular complexity index is 396. The number of rotatable bonds is 2. The standard InChI is InChI=1S/C12H14ClNO/c1-3-12(4-2)14-11(13)9-7-5-6-8-10(9)15-12/h5-8H,3-4H2,1-2H3. The van der Waals surface area contributed by atoms with E-state index in [4.69, 9.17) is 16.3 Å². The number of aliphatic imine (C=N–C) groups is 1. The summed E-state index contributed by atoms with van der Waals surface area (Å²) in [6.45, 7) is 4.12. The van der Waals surface area contributed by atoms with Crippen molar-refractivity contribution in [1.82, 2.24) is 0 Å². The maximum absolute atomic E-state index is 6.16. The summed E-state index contributed by atoms with van der Waals surface area (Å²) in [6.07, 6.45) is 1.65. The van der Waals surface area contributed by atoms with E-state index in [0.29, 0.717) is 5.17 Å². The minimum absolute atomic E-state index is 0.467. The molecule has 0 unspecified atom stereocenters. The largest absolute Gasteiger partial charge is 0.465 e. The predicted octanol–water partition coefficient (Wildman–Crippen LogP) is 3.58. The summed E-state index contributed by atoms with van der Waals surface area (Å²) in [5, 5.41) is 0.556. The molecule has 80 valence electrons. The quantitative estimate of drug-likeness (QED) is 0.751. The molecular weight excluding hydrogens is 210 g/mol. The van der Waals surface area contributed by atoms with E-state index in [9.17, 15) is 0 Å². The highest BCUT2D eigenvalue weighted by Gasteiger charge is 2.33. The highest BCUT2D eigenvalue weighted by Crippen LogP contribution is 2.34. The van der Waals surface area contributed by atoms with Gasteiger partial charge in [-0.05, 0) is 12.1 Å². The zero-order valence-electron chi connectivity index (χ0n) is 8.96. The number of fused-ring (bicyclic) bond motifs is 1. The van der Waals surface area contributed by atoms with E-state index in [1.165, 1.54) is 0 Å². The number of hydrogen-bond acceptors (Lipinski definition) is 2. The average Bonchev–Trinajstić information content (AvgIpc) is 2.29. The van der Waals surface area contributed by atoms with Crippen molar-refractivity contribution in [1.29, 1.82) is 0 Å². The highest BCUT2D eigenvalue weighted by atomic mass is 35.5. The van der Waals surface area contributed by atoms with Crippen LogP contribution in [0.3, 0.4) is 0 Å². The van der Waals surface area contributed by atoms with Crippen molar-refractivity contribution in [3.05, 3.63) is 29.8 Å². The second-order valence-corrected chi connectivity index (χ2v) is 4.01. The lowest BCUT2D eigenvalue weighted by Crippen LogP contribution is -2.36. The van der Waals surface area contributed by atoms with Crippen molar-refractivity contribution in [3.63, 3.8) is 0 Å². The first-order valence-corrected chi connectivity index (χ1v) is 5.62. The molecular formula is C12H14ClNO. The Hall–Kier alpha value is -1.02. The monoisotopic (exact) mass is 223 g/mol. The van der Waals surface area contributed by atoms with Crippen LogP contribution in [0.1, 0.15) is 32.3 Å². The third kappa shape index (κ3) is 1.74. The van der Waals surface area contributed by atoms with Gasteiger partial charge in [-0.2, -0.15) is 0 Å². The molecule has 0 atom stereocenters. The lowest BCUT2D eigenvalue weighted by atomic mass is 10.1. The van der Waals surface area contributed by atoms with E-state index in [2.05, 4.69) is 18.8 Å². The van der Waals surface area contributed by atoms with Crippen molar-refractivity contribution in [2.45, 2.75) is 32.4 Å². The summed E-state index contributed by atoms with van der Waals surface area (Å²) >= 11 is 6.16. The van der Waals surface area contributed by atoms with Crippen LogP contribution in [0.25, 0.3) is 0 Å². The molecule has 0 fully saturated rings. The van der Waals surface area contributed by atoms with Crippen LogP contribution in [0.2, 0.25) is 0 Å². The third-order valence-electron chi connectivity index (χ3n) is 2.82. The van der Waals surface area contributed by atoms with Gasteiger partial charge in [-0.15, -0.1) is 0 Å². The van der Waals surface area contributed by atoms with Gasteiger partial charge in [0.05, 0.1) is 5.56 Å². The van der Waals surface area contributed by atoms with Crippen LogP contribution in [0.5, 0.6) is 5.75 Å². The molecule has 0 N–H and O–H groups in total.